The summed E-state index contributed by atoms with van der Waals surface area (Å²) in [5, 5.41) is 8.88. The van der Waals surface area contributed by atoms with Crippen LogP contribution in [0.3, 0.4) is 0 Å². The molecular weight excluding hydrogens is 294 g/mol. The lowest BCUT2D eigenvalue weighted by Crippen LogP contribution is -2.48. The van der Waals surface area contributed by atoms with Crippen LogP contribution in [0.1, 0.15) is 71.6 Å². The minimum absolute atomic E-state index is 0.0575. The second kappa shape index (κ2) is 15.2. The van der Waals surface area contributed by atoms with Crippen molar-refractivity contribution in [2.24, 2.45) is 5.11 Å². The molecule has 0 bridgehead atoms. The van der Waals surface area contributed by atoms with Crippen molar-refractivity contribution < 1.29 is 9.59 Å². The van der Waals surface area contributed by atoms with Gasteiger partial charge in [-0.3, -0.25) is 9.59 Å². The molecule has 0 saturated carbocycles. The number of unbranched alkanes of at least 4 members (excludes halogenated alkanes) is 6. The Labute approximate surface area is 139 Å². The Hall–Kier alpha value is -1.75. The Morgan fingerprint density at radius 3 is 2.30 bits per heavy atom. The predicted octanol–water partition coefficient (Wildman–Crippen LogP) is 3.45. The molecule has 0 heterocycles. The highest BCUT2D eigenvalue weighted by atomic mass is 16.2. The largest absolute Gasteiger partial charge is 0.354 e. The van der Waals surface area contributed by atoms with Gasteiger partial charge in [-0.05, 0) is 18.4 Å². The lowest BCUT2D eigenvalue weighted by atomic mass is 10.1. The molecule has 2 N–H and O–H groups in total. The highest BCUT2D eigenvalue weighted by Gasteiger charge is 2.19. The van der Waals surface area contributed by atoms with Crippen LogP contribution in [-0.4, -0.2) is 30.9 Å². The quantitative estimate of drug-likeness (QED) is 0.221. The third-order valence-electron chi connectivity index (χ3n) is 3.57. The van der Waals surface area contributed by atoms with E-state index in [1.54, 1.807) is 0 Å². The summed E-state index contributed by atoms with van der Waals surface area (Å²) in [6, 6.07) is -0.782. The molecule has 7 heteroatoms. The van der Waals surface area contributed by atoms with Crippen LogP contribution in [0.5, 0.6) is 0 Å². The second-order valence-corrected chi connectivity index (χ2v) is 5.70. The molecule has 1 atom stereocenters. The molecular formula is C16H31N5O2. The molecule has 7 nitrogen and oxygen atoms in total. The summed E-state index contributed by atoms with van der Waals surface area (Å²) < 4.78 is 0. The molecule has 1 unspecified atom stereocenters. The summed E-state index contributed by atoms with van der Waals surface area (Å²) in [5.74, 6) is -0.448. The van der Waals surface area contributed by atoms with Crippen LogP contribution in [0, 0.1) is 0 Å². The number of hydrogen-bond acceptors (Lipinski definition) is 3. The van der Waals surface area contributed by atoms with Crippen molar-refractivity contribution in [3.63, 3.8) is 0 Å². The van der Waals surface area contributed by atoms with Gasteiger partial charge in [-0.15, -0.1) is 0 Å². The smallest absolute Gasteiger partial charge is 0.242 e. The Morgan fingerprint density at radius 2 is 1.70 bits per heavy atom. The molecule has 0 aliphatic heterocycles. The van der Waals surface area contributed by atoms with Gasteiger partial charge in [0, 0.05) is 17.9 Å². The molecule has 0 rings (SSSR count). The van der Waals surface area contributed by atoms with Gasteiger partial charge < -0.3 is 10.6 Å². The SMILES string of the molecule is CCCCCCNC(=O)C(CN=[N+]=[N-])NC(=O)CCCCCC. The maximum Gasteiger partial charge on any atom is 0.242 e. The van der Waals surface area contributed by atoms with Crippen molar-refractivity contribution in [3.05, 3.63) is 10.4 Å². The van der Waals surface area contributed by atoms with E-state index in [0.717, 1.165) is 51.4 Å². The summed E-state index contributed by atoms with van der Waals surface area (Å²) in [4.78, 5) is 26.6. The van der Waals surface area contributed by atoms with Crippen molar-refractivity contribution in [1.82, 2.24) is 10.6 Å². The van der Waals surface area contributed by atoms with E-state index in [1.807, 2.05) is 0 Å². The van der Waals surface area contributed by atoms with E-state index in [4.69, 9.17) is 5.53 Å². The fraction of sp³-hybridized carbons (Fsp3) is 0.875. The highest BCUT2D eigenvalue weighted by molar-refractivity contribution is 5.87. The molecule has 0 radical (unpaired) electrons. The molecule has 132 valence electrons. The predicted molar refractivity (Wildman–Crippen MR) is 91.9 cm³/mol. The van der Waals surface area contributed by atoms with Crippen molar-refractivity contribution in [3.8, 4) is 0 Å². The van der Waals surface area contributed by atoms with Crippen molar-refractivity contribution in [2.75, 3.05) is 13.1 Å². The zero-order valence-corrected chi connectivity index (χ0v) is 14.5. The fourth-order valence-corrected chi connectivity index (χ4v) is 2.18. The zero-order valence-electron chi connectivity index (χ0n) is 14.5. The summed E-state index contributed by atoms with van der Waals surface area (Å²) in [6.07, 6.45) is 8.71. The van der Waals surface area contributed by atoms with Gasteiger partial charge >= 0.3 is 0 Å². The van der Waals surface area contributed by atoms with E-state index in [1.165, 1.54) is 0 Å². The van der Waals surface area contributed by atoms with Gasteiger partial charge in [0.15, 0.2) is 0 Å². The molecule has 23 heavy (non-hydrogen) atoms. The van der Waals surface area contributed by atoms with E-state index in [-0.39, 0.29) is 18.4 Å². The minimum atomic E-state index is -0.782. The van der Waals surface area contributed by atoms with Crippen LogP contribution in [0.15, 0.2) is 5.11 Å². The van der Waals surface area contributed by atoms with Crippen LogP contribution in [-0.2, 0) is 9.59 Å². The monoisotopic (exact) mass is 325 g/mol. The van der Waals surface area contributed by atoms with Gasteiger partial charge in [0.25, 0.3) is 0 Å². The topological polar surface area (TPSA) is 107 Å². The van der Waals surface area contributed by atoms with E-state index in [0.29, 0.717) is 13.0 Å². The minimum Gasteiger partial charge on any atom is -0.354 e. The number of carbonyl (C=O) groups excluding carboxylic acids is 2. The van der Waals surface area contributed by atoms with Gasteiger partial charge in [-0.1, -0.05) is 57.5 Å². The zero-order chi connectivity index (χ0) is 17.3. The van der Waals surface area contributed by atoms with Crippen molar-refractivity contribution in [2.45, 2.75) is 77.7 Å². The molecule has 0 aliphatic rings. The average Bonchev–Trinajstić information content (AvgIpc) is 2.55. The van der Waals surface area contributed by atoms with Gasteiger partial charge in [-0.2, -0.15) is 0 Å². The second-order valence-electron chi connectivity index (χ2n) is 5.70. The average molecular weight is 325 g/mol. The van der Waals surface area contributed by atoms with Crippen LogP contribution < -0.4 is 10.6 Å². The number of azide groups is 1. The number of carbonyl (C=O) groups is 2. The Bertz CT molecular complexity index is 381. The number of nitrogens with one attached hydrogen (secondary N) is 2. The van der Waals surface area contributed by atoms with Gasteiger partial charge in [0.2, 0.25) is 11.8 Å². The number of amides is 2. The van der Waals surface area contributed by atoms with E-state index < -0.39 is 6.04 Å². The summed E-state index contributed by atoms with van der Waals surface area (Å²) >= 11 is 0. The van der Waals surface area contributed by atoms with E-state index in [9.17, 15) is 9.59 Å². The highest BCUT2D eigenvalue weighted by Crippen LogP contribution is 2.03. The molecule has 0 saturated heterocycles. The molecule has 0 spiro atoms. The Morgan fingerprint density at radius 1 is 1.04 bits per heavy atom. The Kier molecular flexibility index (Phi) is 14.0. The molecule has 0 aliphatic carbocycles. The van der Waals surface area contributed by atoms with Crippen LogP contribution in [0.4, 0.5) is 0 Å². The van der Waals surface area contributed by atoms with Gasteiger partial charge in [0.05, 0.1) is 6.54 Å². The number of rotatable bonds is 14. The van der Waals surface area contributed by atoms with Gasteiger partial charge in [-0.25, -0.2) is 0 Å². The van der Waals surface area contributed by atoms with Crippen LogP contribution in [0.25, 0.3) is 10.4 Å². The number of nitrogens with zero attached hydrogens (tertiary/aromatic N) is 3. The van der Waals surface area contributed by atoms with Crippen molar-refractivity contribution in [1.29, 1.82) is 0 Å². The summed E-state index contributed by atoms with van der Waals surface area (Å²) in [6.45, 7) is 4.77. The lowest BCUT2D eigenvalue weighted by molar-refractivity contribution is -0.128. The Balaban J connectivity index is 4.19. The van der Waals surface area contributed by atoms with E-state index in [2.05, 4.69) is 34.5 Å². The summed E-state index contributed by atoms with van der Waals surface area (Å²) in [5.41, 5.74) is 8.42. The summed E-state index contributed by atoms with van der Waals surface area (Å²) in [7, 11) is 0. The molecule has 0 aromatic carbocycles. The van der Waals surface area contributed by atoms with Crippen molar-refractivity contribution >= 4 is 11.8 Å². The maximum absolute atomic E-state index is 12.1. The first-order valence-corrected chi connectivity index (χ1v) is 8.73. The molecule has 0 aromatic rings. The molecule has 0 aromatic heterocycles. The molecule has 0 fully saturated rings. The normalized spacial score (nSPS) is 11.4. The van der Waals surface area contributed by atoms with Gasteiger partial charge in [0.1, 0.15) is 6.04 Å². The first-order valence-electron chi connectivity index (χ1n) is 8.73. The van der Waals surface area contributed by atoms with Crippen LogP contribution in [0.2, 0.25) is 0 Å². The fourth-order valence-electron chi connectivity index (χ4n) is 2.18. The third-order valence-corrected chi connectivity index (χ3v) is 3.57. The lowest BCUT2D eigenvalue weighted by Gasteiger charge is -2.16. The number of hydrogen-bond donors (Lipinski definition) is 2. The maximum atomic E-state index is 12.1. The van der Waals surface area contributed by atoms with Crippen LogP contribution >= 0.6 is 0 Å². The first kappa shape index (κ1) is 21.2. The first-order chi connectivity index (χ1) is 11.2. The molecule has 2 amide bonds. The standard InChI is InChI=1S/C16H31N5O2/c1-3-5-7-9-11-15(22)20-14(13-19-21-17)16(23)18-12-10-8-6-4-2/h14H,3-13H2,1-2H3,(H,18,23)(H,20,22). The third kappa shape index (κ3) is 12.5. The van der Waals surface area contributed by atoms with E-state index >= 15 is 0 Å².